The maximum absolute atomic E-state index is 10.8. The van der Waals surface area contributed by atoms with E-state index in [1.807, 2.05) is 42.6 Å². The zero-order valence-corrected chi connectivity index (χ0v) is 16.3. The Hall–Kier alpha value is -3.04. The molecule has 9 heteroatoms. The van der Waals surface area contributed by atoms with E-state index in [2.05, 4.69) is 15.2 Å². The average Bonchev–Trinajstić information content (AvgIpc) is 3.39. The number of hydrogen-bond acceptors (Lipinski definition) is 8. The highest BCUT2D eigenvalue weighted by Crippen LogP contribution is 2.38. The van der Waals surface area contributed by atoms with E-state index in [0.717, 1.165) is 15.6 Å². The minimum Gasteiger partial charge on any atom is -0.419 e. The molecular weight excluding hydrogens is 396 g/mol. The summed E-state index contributed by atoms with van der Waals surface area (Å²) in [5.74, 6) is 0.816. The van der Waals surface area contributed by atoms with E-state index in [0.29, 0.717) is 17.3 Å². The molecule has 1 atom stereocenters. The zero-order chi connectivity index (χ0) is 19.5. The third-order valence-corrected chi connectivity index (χ3v) is 6.00. The summed E-state index contributed by atoms with van der Waals surface area (Å²) in [4.78, 5) is 15.0. The van der Waals surface area contributed by atoms with Gasteiger partial charge in [0.2, 0.25) is 11.8 Å². The number of non-ortho nitro benzene ring substituents is 1. The van der Waals surface area contributed by atoms with Crippen molar-refractivity contribution in [1.29, 1.82) is 0 Å². The smallest absolute Gasteiger partial charge is 0.269 e. The molecule has 7 nitrogen and oxygen atoms in total. The Labute approximate surface area is 168 Å². The lowest BCUT2D eigenvalue weighted by Gasteiger charge is -2.03. The van der Waals surface area contributed by atoms with E-state index < -0.39 is 4.92 Å². The Kier molecular flexibility index (Phi) is 5.18. The number of hydrogen-bond donors (Lipinski definition) is 0. The van der Waals surface area contributed by atoms with Crippen LogP contribution in [0.5, 0.6) is 0 Å². The Morgan fingerprint density at radius 1 is 1.07 bits per heavy atom. The number of thioether (sulfide) groups is 1. The van der Waals surface area contributed by atoms with E-state index in [9.17, 15) is 10.1 Å². The third kappa shape index (κ3) is 3.95. The Bertz CT molecular complexity index is 1090. The number of nitrogens with zero attached hydrogens (tertiary/aromatic N) is 4. The van der Waals surface area contributed by atoms with Crippen LogP contribution in [0.1, 0.15) is 18.1 Å². The van der Waals surface area contributed by atoms with Gasteiger partial charge >= 0.3 is 0 Å². The molecule has 0 fully saturated rings. The predicted molar refractivity (Wildman–Crippen MR) is 108 cm³/mol. The summed E-state index contributed by atoms with van der Waals surface area (Å²) < 4.78 is 6.68. The van der Waals surface area contributed by atoms with E-state index >= 15 is 0 Å². The normalized spacial score (nSPS) is 12.0. The largest absolute Gasteiger partial charge is 0.419 e. The van der Waals surface area contributed by atoms with Gasteiger partial charge in [-0.1, -0.05) is 42.1 Å². The van der Waals surface area contributed by atoms with Crippen LogP contribution < -0.4 is 0 Å². The molecule has 0 spiro atoms. The average molecular weight is 410 g/mol. The fourth-order valence-electron chi connectivity index (χ4n) is 2.50. The highest BCUT2D eigenvalue weighted by atomic mass is 32.2. The van der Waals surface area contributed by atoms with E-state index in [4.69, 9.17) is 4.42 Å². The monoisotopic (exact) mass is 410 g/mol. The van der Waals surface area contributed by atoms with Gasteiger partial charge < -0.3 is 4.42 Å². The van der Waals surface area contributed by atoms with Crippen molar-refractivity contribution < 1.29 is 9.34 Å². The van der Waals surface area contributed by atoms with Gasteiger partial charge in [0.25, 0.3) is 5.69 Å². The molecular formula is C19H14N4O3S2. The summed E-state index contributed by atoms with van der Waals surface area (Å²) in [6, 6.07) is 16.0. The molecule has 28 heavy (non-hydrogen) atoms. The highest BCUT2D eigenvalue weighted by molar-refractivity contribution is 8.01. The van der Waals surface area contributed by atoms with Gasteiger partial charge in [-0.3, -0.25) is 10.1 Å². The molecule has 0 unspecified atom stereocenters. The van der Waals surface area contributed by atoms with Crippen molar-refractivity contribution in [2.45, 2.75) is 16.5 Å². The number of nitro benzene ring substituents is 1. The molecule has 2 aromatic heterocycles. The van der Waals surface area contributed by atoms with Crippen LogP contribution in [-0.4, -0.2) is 20.1 Å². The molecule has 2 aromatic carbocycles. The van der Waals surface area contributed by atoms with Gasteiger partial charge in [-0.05, 0) is 19.1 Å². The van der Waals surface area contributed by atoms with E-state index in [-0.39, 0.29) is 10.9 Å². The Morgan fingerprint density at radius 3 is 2.54 bits per heavy atom. The van der Waals surface area contributed by atoms with Gasteiger partial charge in [-0.25, -0.2) is 4.98 Å². The molecule has 0 radical (unpaired) electrons. The van der Waals surface area contributed by atoms with Gasteiger partial charge in [0.15, 0.2) is 4.34 Å². The quantitative estimate of drug-likeness (QED) is 0.231. The summed E-state index contributed by atoms with van der Waals surface area (Å²) in [5, 5.41) is 20.9. The zero-order valence-electron chi connectivity index (χ0n) is 14.7. The number of aromatic nitrogens is 3. The number of nitro groups is 1. The molecule has 0 saturated carbocycles. The van der Waals surface area contributed by atoms with Gasteiger partial charge in [0.1, 0.15) is 0 Å². The molecule has 2 heterocycles. The van der Waals surface area contributed by atoms with Crippen molar-refractivity contribution in [2.24, 2.45) is 0 Å². The maximum Gasteiger partial charge on any atom is 0.269 e. The second-order valence-electron chi connectivity index (χ2n) is 5.87. The molecule has 0 aliphatic rings. The van der Waals surface area contributed by atoms with Crippen molar-refractivity contribution in [2.75, 3.05) is 0 Å². The van der Waals surface area contributed by atoms with E-state index in [1.165, 1.54) is 12.1 Å². The highest BCUT2D eigenvalue weighted by Gasteiger charge is 2.18. The topological polar surface area (TPSA) is 95.0 Å². The second-order valence-corrected chi connectivity index (χ2v) is 8.32. The predicted octanol–water partition coefficient (Wildman–Crippen LogP) is 5.62. The van der Waals surface area contributed by atoms with Crippen LogP contribution in [0.25, 0.3) is 22.7 Å². The second kappa shape index (κ2) is 7.91. The fourth-order valence-corrected chi connectivity index (χ4v) is 4.50. The molecule has 140 valence electrons. The van der Waals surface area contributed by atoms with Crippen molar-refractivity contribution >= 4 is 28.8 Å². The summed E-state index contributed by atoms with van der Waals surface area (Å²) in [5.41, 5.74) is 2.68. The molecule has 4 aromatic rings. The third-order valence-electron chi connectivity index (χ3n) is 3.94. The molecule has 0 bridgehead atoms. The van der Waals surface area contributed by atoms with Crippen molar-refractivity contribution in [1.82, 2.24) is 15.2 Å². The van der Waals surface area contributed by atoms with Crippen molar-refractivity contribution in [3.63, 3.8) is 0 Å². The van der Waals surface area contributed by atoms with Crippen LogP contribution in [0.2, 0.25) is 0 Å². The molecule has 0 amide bonds. The first-order valence-electron chi connectivity index (χ1n) is 8.36. The lowest BCUT2D eigenvalue weighted by atomic mass is 10.2. The molecule has 0 saturated heterocycles. The number of benzene rings is 2. The molecule has 4 rings (SSSR count). The minimum absolute atomic E-state index is 0.0189. The SMILES string of the molecule is C[C@H](Sc1nc(-c2ccccc2)cs1)c1nnc(-c2ccc([N+](=O)[O-])cc2)o1. The Morgan fingerprint density at radius 2 is 1.82 bits per heavy atom. The Balaban J connectivity index is 1.47. The summed E-state index contributed by atoms with van der Waals surface area (Å²) in [6.45, 7) is 1.97. The lowest BCUT2D eigenvalue weighted by Crippen LogP contribution is -1.88. The summed E-state index contributed by atoms with van der Waals surface area (Å²) in [6.07, 6.45) is 0. The van der Waals surface area contributed by atoms with Gasteiger partial charge in [-0.15, -0.1) is 21.5 Å². The van der Waals surface area contributed by atoms with Crippen LogP contribution in [0, 0.1) is 10.1 Å². The first kappa shape index (κ1) is 18.3. The summed E-state index contributed by atoms with van der Waals surface area (Å²) in [7, 11) is 0. The summed E-state index contributed by atoms with van der Waals surface area (Å²) >= 11 is 3.12. The first-order chi connectivity index (χ1) is 13.6. The molecule has 0 N–H and O–H groups in total. The molecule has 0 aliphatic carbocycles. The number of thiazole rings is 1. The van der Waals surface area contributed by atoms with E-state index in [1.54, 1.807) is 35.2 Å². The van der Waals surface area contributed by atoms with Crippen LogP contribution >= 0.6 is 23.1 Å². The van der Waals surface area contributed by atoms with Crippen LogP contribution in [-0.2, 0) is 0 Å². The van der Waals surface area contributed by atoms with Crippen LogP contribution in [0.3, 0.4) is 0 Å². The van der Waals surface area contributed by atoms with Gasteiger partial charge in [0.05, 0.1) is 15.9 Å². The molecule has 0 aliphatic heterocycles. The van der Waals surface area contributed by atoms with Gasteiger partial charge in [0, 0.05) is 28.6 Å². The standard InChI is InChI=1S/C19H14N4O3S2/c1-12(28-19-20-16(11-27-19)13-5-3-2-4-6-13)17-21-22-18(26-17)14-7-9-15(10-8-14)23(24)25/h2-12H,1H3/t12-/m0/s1. The van der Waals surface area contributed by atoms with Gasteiger partial charge in [-0.2, -0.15) is 0 Å². The first-order valence-corrected chi connectivity index (χ1v) is 10.1. The van der Waals surface area contributed by atoms with Crippen LogP contribution in [0.4, 0.5) is 5.69 Å². The van der Waals surface area contributed by atoms with Crippen molar-refractivity contribution in [3.8, 4) is 22.7 Å². The number of rotatable bonds is 6. The fraction of sp³-hybridized carbons (Fsp3) is 0.105. The minimum atomic E-state index is -0.445. The lowest BCUT2D eigenvalue weighted by molar-refractivity contribution is -0.384. The van der Waals surface area contributed by atoms with Crippen molar-refractivity contribution in [3.05, 3.63) is 76.0 Å². The van der Waals surface area contributed by atoms with Crippen LogP contribution in [0.15, 0.2) is 68.7 Å². The maximum atomic E-state index is 10.8.